The van der Waals surface area contributed by atoms with Crippen molar-refractivity contribution >= 4 is 11.7 Å². The number of aryl methyl sites for hydroxylation is 1. The summed E-state index contributed by atoms with van der Waals surface area (Å²) < 4.78 is 15.8. The Balaban J connectivity index is 0.00000341. The van der Waals surface area contributed by atoms with E-state index >= 15 is 0 Å². The number of nitrogen functional groups attached to an aromatic ring is 1. The maximum absolute atomic E-state index is 11.9. The molecule has 0 aliphatic heterocycles. The summed E-state index contributed by atoms with van der Waals surface area (Å²) in [5, 5.41) is 12.8. The Hall–Kier alpha value is -3.30. The molecule has 3 rings (SSSR count). The molecule has 0 saturated heterocycles. The number of anilines is 1. The van der Waals surface area contributed by atoms with E-state index in [1.165, 1.54) is 5.56 Å². The summed E-state index contributed by atoms with van der Waals surface area (Å²) in [5.74, 6) is 0.908. The molecule has 10 heteroatoms. The van der Waals surface area contributed by atoms with Crippen LogP contribution in [0, 0.1) is 6.92 Å². The van der Waals surface area contributed by atoms with Crippen molar-refractivity contribution in [1.82, 2.24) is 20.9 Å². The van der Waals surface area contributed by atoms with E-state index in [9.17, 15) is 4.79 Å². The third-order valence-electron chi connectivity index (χ3n) is 4.52. The number of benzene rings is 2. The highest BCUT2D eigenvalue weighted by Gasteiger charge is 2.14. The molecule has 0 aliphatic rings. The number of amides is 1. The zero-order valence-electron chi connectivity index (χ0n) is 17.4. The Morgan fingerprint density at radius 1 is 1.13 bits per heavy atom. The number of nitrogens with one attached hydrogen (secondary N) is 2. The number of halogens is 1. The third kappa shape index (κ3) is 6.59. The maximum atomic E-state index is 11.9. The molecule has 1 heterocycles. The molecule has 3 aromatic rings. The van der Waals surface area contributed by atoms with Crippen LogP contribution in [0.5, 0.6) is 11.5 Å². The van der Waals surface area contributed by atoms with Crippen LogP contribution in [0.4, 0.5) is 5.82 Å². The van der Waals surface area contributed by atoms with Gasteiger partial charge in [0, 0.05) is 19.6 Å². The predicted octanol–water partition coefficient (Wildman–Crippen LogP) is -0.929. The summed E-state index contributed by atoms with van der Waals surface area (Å²) in [6.07, 6.45) is 0. The molecule has 31 heavy (non-hydrogen) atoms. The van der Waals surface area contributed by atoms with Gasteiger partial charge in [-0.3, -0.25) is 4.79 Å². The van der Waals surface area contributed by atoms with Crippen molar-refractivity contribution in [3.05, 3.63) is 64.8 Å². The molecule has 0 aliphatic carbocycles. The highest BCUT2D eigenvalue weighted by Crippen LogP contribution is 2.29. The van der Waals surface area contributed by atoms with Gasteiger partial charge in [-0.2, -0.15) is 0 Å². The number of carbonyl (C=O) groups is 1. The van der Waals surface area contributed by atoms with Crippen molar-refractivity contribution < 1.29 is 31.3 Å². The van der Waals surface area contributed by atoms with Crippen LogP contribution in [0.2, 0.25) is 0 Å². The van der Waals surface area contributed by atoms with Gasteiger partial charge >= 0.3 is 0 Å². The largest absolute Gasteiger partial charge is 1.00 e. The zero-order chi connectivity index (χ0) is 21.3. The van der Waals surface area contributed by atoms with Crippen LogP contribution >= 0.6 is 0 Å². The molecule has 0 bridgehead atoms. The first-order chi connectivity index (χ1) is 14.6. The first kappa shape index (κ1) is 24.0. The van der Waals surface area contributed by atoms with E-state index in [4.69, 9.17) is 15.2 Å². The number of hydrogen-bond acceptors (Lipinski definition) is 8. The quantitative estimate of drug-likeness (QED) is 0.341. The normalized spacial score (nSPS) is 10.3. The highest BCUT2D eigenvalue weighted by molar-refractivity contribution is 5.95. The van der Waals surface area contributed by atoms with E-state index in [-0.39, 0.29) is 23.9 Å². The van der Waals surface area contributed by atoms with Crippen molar-refractivity contribution in [2.45, 2.75) is 20.1 Å². The van der Waals surface area contributed by atoms with Crippen molar-refractivity contribution in [2.24, 2.45) is 0 Å². The number of ether oxygens (including phenoxy) is 2. The summed E-state index contributed by atoms with van der Waals surface area (Å²) in [4.78, 5) is 11.9. The monoisotopic (exact) mass is 446 g/mol. The van der Waals surface area contributed by atoms with Gasteiger partial charge in [-0.25, -0.2) is 4.63 Å². The minimum atomic E-state index is -0.424. The average Bonchev–Trinajstić information content (AvgIpc) is 3.19. The molecule has 1 amide bonds. The van der Waals surface area contributed by atoms with Gasteiger partial charge in [0.25, 0.3) is 5.91 Å². The fraction of sp³-hybridized carbons (Fsp3) is 0.286. The number of rotatable bonds is 10. The van der Waals surface area contributed by atoms with Crippen LogP contribution in [0.25, 0.3) is 0 Å². The SMILES string of the molecule is COc1cc(CNCCNC(=O)c2nonc2N)ccc1OCc1ccccc1C.[Cl-]. The number of nitrogens with zero attached hydrogens (tertiary/aromatic N) is 2. The molecule has 0 radical (unpaired) electrons. The van der Waals surface area contributed by atoms with Crippen molar-refractivity contribution in [2.75, 3.05) is 25.9 Å². The number of carbonyl (C=O) groups excluding carboxylic acids is 1. The Morgan fingerprint density at radius 3 is 2.65 bits per heavy atom. The van der Waals surface area contributed by atoms with Crippen LogP contribution in [-0.2, 0) is 13.2 Å². The summed E-state index contributed by atoms with van der Waals surface area (Å²) in [5.41, 5.74) is 8.83. The number of aromatic nitrogens is 2. The van der Waals surface area contributed by atoms with Crippen molar-refractivity contribution in [1.29, 1.82) is 0 Å². The molecule has 0 unspecified atom stereocenters. The van der Waals surface area contributed by atoms with Gasteiger partial charge in [0.05, 0.1) is 7.11 Å². The fourth-order valence-corrected chi connectivity index (χ4v) is 2.80. The second-order valence-corrected chi connectivity index (χ2v) is 6.63. The number of methoxy groups -OCH3 is 1. The second-order valence-electron chi connectivity index (χ2n) is 6.63. The van der Waals surface area contributed by atoms with Crippen LogP contribution in [0.3, 0.4) is 0 Å². The number of nitrogens with two attached hydrogens (primary N) is 1. The minimum absolute atomic E-state index is 0. The minimum Gasteiger partial charge on any atom is -1.00 e. The van der Waals surface area contributed by atoms with Gasteiger partial charge in [0.15, 0.2) is 11.5 Å². The molecule has 0 fully saturated rings. The van der Waals surface area contributed by atoms with Crippen LogP contribution in [0.15, 0.2) is 47.1 Å². The zero-order valence-corrected chi connectivity index (χ0v) is 18.1. The molecular formula is C21H25ClN5O4-. The molecule has 2 aromatic carbocycles. The molecule has 9 nitrogen and oxygen atoms in total. The van der Waals surface area contributed by atoms with Gasteiger partial charge in [-0.15, -0.1) is 0 Å². The molecular weight excluding hydrogens is 422 g/mol. The van der Waals surface area contributed by atoms with Crippen LogP contribution in [0.1, 0.15) is 27.2 Å². The van der Waals surface area contributed by atoms with Crippen LogP contribution < -0.4 is 38.2 Å². The summed E-state index contributed by atoms with van der Waals surface area (Å²) >= 11 is 0. The lowest BCUT2D eigenvalue weighted by Gasteiger charge is -2.14. The molecule has 0 saturated carbocycles. The molecule has 4 N–H and O–H groups in total. The first-order valence-electron chi connectivity index (χ1n) is 9.49. The molecule has 166 valence electrons. The maximum Gasteiger partial charge on any atom is 0.277 e. The topological polar surface area (TPSA) is 125 Å². The summed E-state index contributed by atoms with van der Waals surface area (Å²) in [6, 6.07) is 13.9. The van der Waals surface area contributed by atoms with E-state index in [1.54, 1.807) is 7.11 Å². The smallest absolute Gasteiger partial charge is 0.277 e. The Kier molecular flexibility index (Phi) is 9.11. The van der Waals surface area contributed by atoms with E-state index < -0.39 is 5.91 Å². The van der Waals surface area contributed by atoms with Gasteiger partial charge in [-0.1, -0.05) is 30.3 Å². The highest BCUT2D eigenvalue weighted by atomic mass is 35.5. The lowest BCUT2D eigenvalue weighted by Crippen LogP contribution is -3.00. The van der Waals surface area contributed by atoms with Crippen LogP contribution in [-0.4, -0.2) is 36.4 Å². The molecule has 1 aromatic heterocycles. The van der Waals surface area contributed by atoms with E-state index in [2.05, 4.69) is 38.6 Å². The van der Waals surface area contributed by atoms with Gasteiger partial charge in [0.1, 0.15) is 6.61 Å². The Bertz CT molecular complexity index is 995. The summed E-state index contributed by atoms with van der Waals surface area (Å²) in [7, 11) is 1.62. The van der Waals surface area contributed by atoms with Crippen molar-refractivity contribution in [3.63, 3.8) is 0 Å². The lowest BCUT2D eigenvalue weighted by molar-refractivity contribution is -0.0000157. The van der Waals surface area contributed by atoms with Gasteiger partial charge in [-0.05, 0) is 46.1 Å². The predicted molar refractivity (Wildman–Crippen MR) is 111 cm³/mol. The van der Waals surface area contributed by atoms with Crippen molar-refractivity contribution in [3.8, 4) is 11.5 Å². The molecule has 0 spiro atoms. The van der Waals surface area contributed by atoms with Gasteiger partial charge < -0.3 is 38.2 Å². The molecule has 0 atom stereocenters. The van der Waals surface area contributed by atoms with E-state index in [0.717, 1.165) is 11.1 Å². The third-order valence-corrected chi connectivity index (χ3v) is 4.52. The Labute approximate surface area is 186 Å². The number of hydrogen-bond donors (Lipinski definition) is 3. The first-order valence-corrected chi connectivity index (χ1v) is 9.49. The second kappa shape index (κ2) is 11.8. The van der Waals surface area contributed by atoms with E-state index in [0.29, 0.717) is 37.7 Å². The van der Waals surface area contributed by atoms with E-state index in [1.807, 2.05) is 36.4 Å². The van der Waals surface area contributed by atoms with Gasteiger partial charge in [0.2, 0.25) is 11.5 Å². The average molecular weight is 447 g/mol. The summed E-state index contributed by atoms with van der Waals surface area (Å²) in [6.45, 7) is 4.11. The Morgan fingerprint density at radius 2 is 1.94 bits per heavy atom. The lowest BCUT2D eigenvalue weighted by atomic mass is 10.1. The fourth-order valence-electron chi connectivity index (χ4n) is 2.80. The standard InChI is InChI=1S/C21H25N5O4.ClH/c1-14-5-3-4-6-16(14)13-29-17-8-7-15(11-18(17)28-2)12-23-9-10-24-21(27)19-20(22)26-30-25-19;/h3-8,11,23H,9-10,12-13H2,1-2H3,(H2,22,26)(H,24,27);1H/p-1.